The van der Waals surface area contributed by atoms with E-state index in [4.69, 9.17) is 33.0 Å². The van der Waals surface area contributed by atoms with E-state index in [9.17, 15) is 0 Å². The van der Waals surface area contributed by atoms with Crippen molar-refractivity contribution in [1.82, 2.24) is 4.98 Å². The first kappa shape index (κ1) is 12.2. The van der Waals surface area contributed by atoms with Crippen LogP contribution >= 0.6 is 23.2 Å². The summed E-state index contributed by atoms with van der Waals surface area (Å²) in [6.45, 7) is -0.0568. The van der Waals surface area contributed by atoms with Crippen LogP contribution in [0.25, 0.3) is 0 Å². The van der Waals surface area contributed by atoms with Crippen LogP contribution < -0.4 is 4.74 Å². The van der Waals surface area contributed by atoms with Crippen LogP contribution in [-0.2, 0) is 6.61 Å². The largest absolute Gasteiger partial charge is 0.454 e. The number of rotatable bonds is 3. The molecule has 0 bridgehead atoms. The molecule has 3 nitrogen and oxygen atoms in total. The Labute approximate surface area is 109 Å². The zero-order chi connectivity index (χ0) is 12.3. The summed E-state index contributed by atoms with van der Waals surface area (Å²) in [5.41, 5.74) is 0.728. The first-order valence-corrected chi connectivity index (χ1v) is 5.62. The van der Waals surface area contributed by atoms with E-state index in [0.717, 1.165) is 5.56 Å². The first-order valence-electron chi connectivity index (χ1n) is 4.87. The van der Waals surface area contributed by atoms with Gasteiger partial charge >= 0.3 is 0 Å². The average Bonchev–Trinajstić information content (AvgIpc) is 2.32. The van der Waals surface area contributed by atoms with Gasteiger partial charge in [0.25, 0.3) is 0 Å². The third-order valence-electron chi connectivity index (χ3n) is 2.09. The standard InChI is InChI=1S/C12H9Cl2NO2/c13-9-4-10(6-15-5-9)17-12-2-1-8(7-16)3-11(12)14/h1-6,16H,7H2. The molecule has 0 radical (unpaired) electrons. The third kappa shape index (κ3) is 3.09. The van der Waals surface area contributed by atoms with Crippen molar-refractivity contribution in [1.29, 1.82) is 0 Å². The third-order valence-corrected chi connectivity index (χ3v) is 2.59. The van der Waals surface area contributed by atoms with Crippen molar-refractivity contribution < 1.29 is 9.84 Å². The van der Waals surface area contributed by atoms with E-state index in [1.165, 1.54) is 6.20 Å². The molecule has 1 N–H and O–H groups in total. The maximum Gasteiger partial charge on any atom is 0.147 e. The second-order valence-corrected chi connectivity index (χ2v) is 4.21. The van der Waals surface area contributed by atoms with Crippen molar-refractivity contribution in [3.8, 4) is 11.5 Å². The Morgan fingerprint density at radius 1 is 1.18 bits per heavy atom. The summed E-state index contributed by atoms with van der Waals surface area (Å²) in [7, 11) is 0. The molecule has 0 amide bonds. The van der Waals surface area contributed by atoms with Gasteiger partial charge in [-0.05, 0) is 17.7 Å². The van der Waals surface area contributed by atoms with E-state index in [0.29, 0.717) is 21.5 Å². The molecule has 17 heavy (non-hydrogen) atoms. The monoisotopic (exact) mass is 269 g/mol. The fourth-order valence-corrected chi connectivity index (χ4v) is 1.71. The van der Waals surface area contributed by atoms with Gasteiger partial charge in [-0.2, -0.15) is 0 Å². The van der Waals surface area contributed by atoms with Crippen molar-refractivity contribution in [3.63, 3.8) is 0 Å². The summed E-state index contributed by atoms with van der Waals surface area (Å²) in [5.74, 6) is 1.00. The Morgan fingerprint density at radius 3 is 2.65 bits per heavy atom. The van der Waals surface area contributed by atoms with E-state index >= 15 is 0 Å². The van der Waals surface area contributed by atoms with E-state index in [1.54, 1.807) is 30.5 Å². The Kier molecular flexibility index (Phi) is 3.84. The van der Waals surface area contributed by atoms with Gasteiger partial charge in [-0.15, -0.1) is 0 Å². The molecule has 0 aliphatic carbocycles. The molecule has 2 rings (SSSR count). The fourth-order valence-electron chi connectivity index (χ4n) is 1.30. The van der Waals surface area contributed by atoms with Gasteiger partial charge in [-0.25, -0.2) is 0 Å². The van der Waals surface area contributed by atoms with Crippen LogP contribution in [0.15, 0.2) is 36.7 Å². The van der Waals surface area contributed by atoms with Crippen LogP contribution in [0, 0.1) is 0 Å². The summed E-state index contributed by atoms with van der Waals surface area (Å²) in [6, 6.07) is 6.72. The molecule has 1 aromatic carbocycles. The number of benzene rings is 1. The highest BCUT2D eigenvalue weighted by Crippen LogP contribution is 2.30. The lowest BCUT2D eigenvalue weighted by atomic mass is 10.2. The Bertz CT molecular complexity index is 532. The van der Waals surface area contributed by atoms with E-state index in [-0.39, 0.29) is 6.61 Å². The number of pyridine rings is 1. The van der Waals surface area contributed by atoms with Gasteiger partial charge in [0, 0.05) is 12.3 Å². The van der Waals surface area contributed by atoms with Crippen LogP contribution in [0.3, 0.4) is 0 Å². The zero-order valence-electron chi connectivity index (χ0n) is 8.73. The molecule has 0 atom stereocenters. The maximum atomic E-state index is 8.95. The quantitative estimate of drug-likeness (QED) is 0.925. The number of aromatic nitrogens is 1. The van der Waals surface area contributed by atoms with Gasteiger partial charge in [-0.3, -0.25) is 4.98 Å². The lowest BCUT2D eigenvalue weighted by Gasteiger charge is -2.08. The summed E-state index contributed by atoms with van der Waals surface area (Å²) < 4.78 is 5.53. The molecular formula is C12H9Cl2NO2. The Hall–Kier alpha value is -1.29. The highest BCUT2D eigenvalue weighted by Gasteiger charge is 2.05. The molecule has 1 aromatic heterocycles. The van der Waals surface area contributed by atoms with Crippen LogP contribution in [-0.4, -0.2) is 10.1 Å². The minimum atomic E-state index is -0.0568. The van der Waals surface area contributed by atoms with Crippen LogP contribution in [0.2, 0.25) is 10.0 Å². The smallest absolute Gasteiger partial charge is 0.147 e. The Morgan fingerprint density at radius 2 is 2.00 bits per heavy atom. The number of nitrogens with zero attached hydrogens (tertiary/aromatic N) is 1. The van der Waals surface area contributed by atoms with E-state index in [1.807, 2.05) is 0 Å². The lowest BCUT2D eigenvalue weighted by Crippen LogP contribution is -1.88. The van der Waals surface area contributed by atoms with Crippen molar-refractivity contribution in [2.45, 2.75) is 6.61 Å². The van der Waals surface area contributed by atoms with Gasteiger partial charge in [0.2, 0.25) is 0 Å². The highest BCUT2D eigenvalue weighted by atomic mass is 35.5. The fraction of sp³-hybridized carbons (Fsp3) is 0.0833. The number of aliphatic hydroxyl groups excluding tert-OH is 1. The van der Waals surface area contributed by atoms with Crippen LogP contribution in [0.4, 0.5) is 0 Å². The predicted octanol–water partition coefficient (Wildman–Crippen LogP) is 3.67. The van der Waals surface area contributed by atoms with Gasteiger partial charge in [0.15, 0.2) is 0 Å². The zero-order valence-corrected chi connectivity index (χ0v) is 10.2. The summed E-state index contributed by atoms with van der Waals surface area (Å²) in [4.78, 5) is 3.90. The number of halogens is 2. The first-order chi connectivity index (χ1) is 8.19. The normalized spacial score (nSPS) is 10.3. The predicted molar refractivity (Wildman–Crippen MR) is 66.7 cm³/mol. The Balaban J connectivity index is 2.24. The molecule has 0 aliphatic heterocycles. The topological polar surface area (TPSA) is 42.4 Å². The van der Waals surface area contributed by atoms with Gasteiger partial charge in [-0.1, -0.05) is 29.3 Å². The summed E-state index contributed by atoms with van der Waals surface area (Å²) in [5, 5.41) is 9.87. The van der Waals surface area contributed by atoms with Crippen molar-refractivity contribution in [3.05, 3.63) is 52.3 Å². The molecule has 1 heterocycles. The molecular weight excluding hydrogens is 261 g/mol. The minimum Gasteiger partial charge on any atom is -0.454 e. The SMILES string of the molecule is OCc1ccc(Oc2cncc(Cl)c2)c(Cl)c1. The van der Waals surface area contributed by atoms with Gasteiger partial charge < -0.3 is 9.84 Å². The molecule has 0 aliphatic rings. The van der Waals surface area contributed by atoms with Gasteiger partial charge in [0.05, 0.1) is 22.8 Å². The van der Waals surface area contributed by atoms with E-state index < -0.39 is 0 Å². The summed E-state index contributed by atoms with van der Waals surface area (Å²) >= 11 is 11.8. The molecule has 88 valence electrons. The van der Waals surface area contributed by atoms with Gasteiger partial charge in [0.1, 0.15) is 11.5 Å². The lowest BCUT2D eigenvalue weighted by molar-refractivity contribution is 0.281. The maximum absolute atomic E-state index is 8.95. The highest BCUT2D eigenvalue weighted by molar-refractivity contribution is 6.32. The van der Waals surface area contributed by atoms with Crippen molar-refractivity contribution in [2.75, 3.05) is 0 Å². The molecule has 0 saturated heterocycles. The summed E-state index contributed by atoms with van der Waals surface area (Å²) in [6.07, 6.45) is 3.06. The van der Waals surface area contributed by atoms with Crippen molar-refractivity contribution in [2.24, 2.45) is 0 Å². The molecule has 5 heteroatoms. The molecule has 0 unspecified atom stereocenters. The van der Waals surface area contributed by atoms with Crippen LogP contribution in [0.5, 0.6) is 11.5 Å². The number of hydrogen-bond acceptors (Lipinski definition) is 3. The average molecular weight is 270 g/mol. The molecule has 0 fully saturated rings. The van der Waals surface area contributed by atoms with Crippen LogP contribution in [0.1, 0.15) is 5.56 Å². The van der Waals surface area contributed by atoms with E-state index in [2.05, 4.69) is 4.98 Å². The molecule has 2 aromatic rings. The number of hydrogen-bond donors (Lipinski definition) is 1. The number of ether oxygens (including phenoxy) is 1. The second kappa shape index (κ2) is 5.36. The molecule has 0 saturated carbocycles. The molecule has 0 spiro atoms. The minimum absolute atomic E-state index is 0.0568. The number of aliphatic hydroxyl groups is 1. The van der Waals surface area contributed by atoms with Crippen molar-refractivity contribution >= 4 is 23.2 Å². The second-order valence-electron chi connectivity index (χ2n) is 3.36.